The van der Waals surface area contributed by atoms with Crippen LogP contribution in [0.15, 0.2) is 29.2 Å². The van der Waals surface area contributed by atoms with Crippen LogP contribution in [0.3, 0.4) is 0 Å². The summed E-state index contributed by atoms with van der Waals surface area (Å²) in [6.45, 7) is 6.28. The molecule has 0 bridgehead atoms. The molecule has 8 heteroatoms. The van der Waals surface area contributed by atoms with E-state index in [1.54, 1.807) is 4.90 Å². The smallest absolute Gasteiger partial charge is 0.243 e. The van der Waals surface area contributed by atoms with Crippen LogP contribution in [0.4, 0.5) is 5.69 Å². The Morgan fingerprint density at radius 3 is 2.20 bits per heavy atom. The van der Waals surface area contributed by atoms with Crippen molar-refractivity contribution < 1.29 is 18.0 Å². The molecular weight excluding hydrogens is 342 g/mol. The highest BCUT2D eigenvalue weighted by Crippen LogP contribution is 2.17. The van der Waals surface area contributed by atoms with Gasteiger partial charge in [-0.05, 0) is 37.6 Å². The van der Waals surface area contributed by atoms with E-state index in [4.69, 9.17) is 0 Å². The summed E-state index contributed by atoms with van der Waals surface area (Å²) in [6, 6.07) is 5.86. The van der Waals surface area contributed by atoms with Crippen LogP contribution in [0.5, 0.6) is 0 Å². The molecule has 140 valence electrons. The molecule has 0 radical (unpaired) electrons. The van der Waals surface area contributed by atoms with Crippen molar-refractivity contribution in [2.24, 2.45) is 0 Å². The molecule has 0 unspecified atom stereocenters. The van der Waals surface area contributed by atoms with E-state index in [1.807, 2.05) is 13.8 Å². The van der Waals surface area contributed by atoms with Gasteiger partial charge in [0.15, 0.2) is 0 Å². The minimum absolute atomic E-state index is 0.0773. The first kappa shape index (κ1) is 21.1. The number of carbonyl (C=O) groups is 2. The van der Waals surface area contributed by atoms with Crippen molar-refractivity contribution >= 4 is 27.5 Å². The second-order valence-electron chi connectivity index (χ2n) is 5.79. The Balaban J connectivity index is 2.83. The van der Waals surface area contributed by atoms with Gasteiger partial charge in [-0.1, -0.05) is 13.3 Å². The largest absolute Gasteiger partial charge is 0.342 e. The van der Waals surface area contributed by atoms with Crippen LogP contribution >= 0.6 is 0 Å². The number of carbonyl (C=O) groups excluding carboxylic acids is 2. The molecule has 0 fully saturated rings. The zero-order chi connectivity index (χ0) is 19.0. The zero-order valence-electron chi connectivity index (χ0n) is 15.3. The van der Waals surface area contributed by atoms with E-state index in [2.05, 4.69) is 5.32 Å². The maximum Gasteiger partial charge on any atom is 0.243 e. The highest BCUT2D eigenvalue weighted by molar-refractivity contribution is 7.89. The Morgan fingerprint density at radius 1 is 1.12 bits per heavy atom. The fourth-order valence-electron chi connectivity index (χ4n) is 2.28. The molecule has 0 aromatic heterocycles. The second-order valence-corrected chi connectivity index (χ2v) is 7.84. The SMILES string of the molecule is CCCCN(CC)C(=O)CN(C)S(=O)(=O)c1ccc(NC(C)=O)cc1. The van der Waals surface area contributed by atoms with Crippen molar-refractivity contribution in [1.82, 2.24) is 9.21 Å². The molecule has 0 aliphatic carbocycles. The number of amides is 2. The Morgan fingerprint density at radius 2 is 1.72 bits per heavy atom. The molecule has 25 heavy (non-hydrogen) atoms. The van der Waals surface area contributed by atoms with Crippen LogP contribution in [0.2, 0.25) is 0 Å². The molecular formula is C17H27N3O4S. The predicted molar refractivity (Wildman–Crippen MR) is 97.7 cm³/mol. The molecule has 0 saturated heterocycles. The average Bonchev–Trinajstić information content (AvgIpc) is 2.55. The van der Waals surface area contributed by atoms with Gasteiger partial charge in [0, 0.05) is 32.7 Å². The summed E-state index contributed by atoms with van der Waals surface area (Å²) in [5.74, 6) is -0.443. The topological polar surface area (TPSA) is 86.8 Å². The first-order chi connectivity index (χ1) is 11.7. The number of nitrogens with one attached hydrogen (secondary N) is 1. The second kappa shape index (κ2) is 9.53. The molecule has 0 saturated carbocycles. The zero-order valence-corrected chi connectivity index (χ0v) is 16.1. The number of rotatable bonds is 9. The van der Waals surface area contributed by atoms with Crippen molar-refractivity contribution in [3.05, 3.63) is 24.3 Å². The van der Waals surface area contributed by atoms with Crippen LogP contribution in [0.1, 0.15) is 33.6 Å². The summed E-state index contributed by atoms with van der Waals surface area (Å²) in [5.41, 5.74) is 0.516. The molecule has 0 aliphatic rings. The lowest BCUT2D eigenvalue weighted by atomic mass is 10.3. The number of anilines is 1. The molecule has 1 N–H and O–H groups in total. The molecule has 0 atom stereocenters. The van der Waals surface area contributed by atoms with E-state index in [9.17, 15) is 18.0 Å². The van der Waals surface area contributed by atoms with E-state index in [0.29, 0.717) is 18.8 Å². The van der Waals surface area contributed by atoms with Crippen LogP contribution in [-0.4, -0.2) is 56.1 Å². The monoisotopic (exact) mass is 369 g/mol. The number of likely N-dealkylation sites (N-methyl/N-ethyl adjacent to an activating group) is 2. The van der Waals surface area contributed by atoms with Crippen LogP contribution in [-0.2, 0) is 19.6 Å². The van der Waals surface area contributed by atoms with Crippen LogP contribution in [0, 0.1) is 0 Å². The number of unbranched alkanes of at least 4 members (excludes halogenated alkanes) is 1. The summed E-state index contributed by atoms with van der Waals surface area (Å²) in [5, 5.41) is 2.58. The van der Waals surface area contributed by atoms with Gasteiger partial charge in [-0.3, -0.25) is 9.59 Å². The normalized spacial score (nSPS) is 11.4. The van der Waals surface area contributed by atoms with Crippen LogP contribution < -0.4 is 5.32 Å². The summed E-state index contributed by atoms with van der Waals surface area (Å²) >= 11 is 0. The highest BCUT2D eigenvalue weighted by atomic mass is 32.2. The van der Waals surface area contributed by atoms with Crippen molar-refractivity contribution in [3.63, 3.8) is 0 Å². The maximum absolute atomic E-state index is 12.6. The Hall–Kier alpha value is -1.93. The third-order valence-electron chi connectivity index (χ3n) is 3.76. The van der Waals surface area contributed by atoms with Gasteiger partial charge in [0.05, 0.1) is 11.4 Å². The first-order valence-electron chi connectivity index (χ1n) is 8.34. The third-order valence-corrected chi connectivity index (χ3v) is 5.57. The Kier molecular flexibility index (Phi) is 8.05. The molecule has 2 amide bonds. The molecule has 0 spiro atoms. The number of hydrogen-bond donors (Lipinski definition) is 1. The Bertz CT molecular complexity index is 686. The van der Waals surface area contributed by atoms with Gasteiger partial charge in [0.25, 0.3) is 0 Å². The minimum atomic E-state index is -3.77. The van der Waals surface area contributed by atoms with E-state index in [0.717, 1.165) is 17.1 Å². The number of nitrogens with zero attached hydrogens (tertiary/aromatic N) is 2. The van der Waals surface area contributed by atoms with Gasteiger partial charge in [-0.25, -0.2) is 8.42 Å². The number of hydrogen-bond acceptors (Lipinski definition) is 4. The van der Waals surface area contributed by atoms with Crippen molar-refractivity contribution in [1.29, 1.82) is 0 Å². The standard InChI is InChI=1S/C17H27N3O4S/c1-5-7-12-20(6-2)17(22)13-19(4)25(23,24)16-10-8-15(9-11-16)18-14(3)21/h8-11H,5-7,12-13H2,1-4H3,(H,18,21). The van der Waals surface area contributed by atoms with Gasteiger partial charge in [0.2, 0.25) is 21.8 Å². The fraction of sp³-hybridized carbons (Fsp3) is 0.529. The lowest BCUT2D eigenvalue weighted by molar-refractivity contribution is -0.131. The minimum Gasteiger partial charge on any atom is -0.342 e. The summed E-state index contributed by atoms with van der Waals surface area (Å²) in [4.78, 5) is 25.1. The molecule has 1 aromatic carbocycles. The molecule has 7 nitrogen and oxygen atoms in total. The average molecular weight is 369 g/mol. The quantitative estimate of drug-likeness (QED) is 0.720. The highest BCUT2D eigenvalue weighted by Gasteiger charge is 2.24. The van der Waals surface area contributed by atoms with E-state index >= 15 is 0 Å². The molecule has 1 rings (SSSR count). The van der Waals surface area contributed by atoms with Crippen molar-refractivity contribution in [2.75, 3.05) is 32.0 Å². The number of sulfonamides is 1. The van der Waals surface area contributed by atoms with E-state index in [1.165, 1.54) is 38.2 Å². The maximum atomic E-state index is 12.6. The van der Waals surface area contributed by atoms with Crippen molar-refractivity contribution in [2.45, 2.75) is 38.5 Å². The van der Waals surface area contributed by atoms with E-state index < -0.39 is 10.0 Å². The van der Waals surface area contributed by atoms with Gasteiger partial charge in [-0.15, -0.1) is 0 Å². The van der Waals surface area contributed by atoms with Crippen molar-refractivity contribution in [3.8, 4) is 0 Å². The molecule has 0 aliphatic heterocycles. The summed E-state index contributed by atoms with van der Waals surface area (Å²) in [6.07, 6.45) is 1.86. The van der Waals surface area contributed by atoms with E-state index in [-0.39, 0.29) is 23.3 Å². The summed E-state index contributed by atoms with van der Waals surface area (Å²) < 4.78 is 26.2. The van der Waals surface area contributed by atoms with Crippen LogP contribution in [0.25, 0.3) is 0 Å². The third kappa shape index (κ3) is 6.13. The lowest BCUT2D eigenvalue weighted by Crippen LogP contribution is -2.41. The fourth-order valence-corrected chi connectivity index (χ4v) is 3.40. The summed E-state index contributed by atoms with van der Waals surface area (Å²) in [7, 11) is -2.38. The van der Waals surface area contributed by atoms with Gasteiger partial charge in [-0.2, -0.15) is 4.31 Å². The predicted octanol–water partition coefficient (Wildman–Crippen LogP) is 1.91. The van der Waals surface area contributed by atoms with Gasteiger partial charge in [0.1, 0.15) is 0 Å². The number of benzene rings is 1. The first-order valence-corrected chi connectivity index (χ1v) is 9.78. The molecule has 1 aromatic rings. The van der Waals surface area contributed by atoms with Gasteiger partial charge >= 0.3 is 0 Å². The van der Waals surface area contributed by atoms with Gasteiger partial charge < -0.3 is 10.2 Å². The Labute approximate surface area is 150 Å². The lowest BCUT2D eigenvalue weighted by Gasteiger charge is -2.24. The molecule has 0 heterocycles.